The molecule has 2 aromatic carbocycles. The lowest BCUT2D eigenvalue weighted by Crippen LogP contribution is -2.17. The lowest BCUT2D eigenvalue weighted by atomic mass is 10.1. The SMILES string of the molecule is COC(=O)c1ccccc1NC(=O)c1ccnc(Nc2cccc(OC)c2)n1. The molecule has 142 valence electrons. The quantitative estimate of drug-likeness (QED) is 0.635. The van der Waals surface area contributed by atoms with Crippen LogP contribution < -0.4 is 15.4 Å². The number of hydrogen-bond donors (Lipinski definition) is 2. The molecule has 0 aliphatic carbocycles. The van der Waals surface area contributed by atoms with E-state index < -0.39 is 11.9 Å². The predicted molar refractivity (Wildman–Crippen MR) is 104 cm³/mol. The average Bonchev–Trinajstić information content (AvgIpc) is 2.74. The van der Waals surface area contributed by atoms with Crippen LogP contribution in [-0.4, -0.2) is 36.1 Å². The Morgan fingerprint density at radius 1 is 1.00 bits per heavy atom. The zero-order valence-electron chi connectivity index (χ0n) is 15.3. The van der Waals surface area contributed by atoms with E-state index in [2.05, 4.69) is 20.6 Å². The fourth-order valence-corrected chi connectivity index (χ4v) is 2.44. The van der Waals surface area contributed by atoms with Gasteiger partial charge < -0.3 is 20.1 Å². The third-order valence-electron chi connectivity index (χ3n) is 3.79. The zero-order valence-corrected chi connectivity index (χ0v) is 15.3. The number of nitrogens with zero attached hydrogens (tertiary/aromatic N) is 2. The second-order valence-electron chi connectivity index (χ2n) is 5.61. The van der Waals surface area contributed by atoms with Crippen LogP contribution in [0.1, 0.15) is 20.8 Å². The molecule has 0 atom stereocenters. The molecule has 0 bridgehead atoms. The van der Waals surface area contributed by atoms with Crippen LogP contribution in [-0.2, 0) is 4.74 Å². The molecule has 3 rings (SSSR count). The lowest BCUT2D eigenvalue weighted by molar-refractivity contribution is 0.0602. The summed E-state index contributed by atoms with van der Waals surface area (Å²) in [6.45, 7) is 0. The number of hydrogen-bond acceptors (Lipinski definition) is 7. The number of carbonyl (C=O) groups is 2. The largest absolute Gasteiger partial charge is 0.497 e. The number of rotatable bonds is 6. The van der Waals surface area contributed by atoms with Crippen LogP contribution in [0.2, 0.25) is 0 Å². The highest BCUT2D eigenvalue weighted by Crippen LogP contribution is 2.20. The van der Waals surface area contributed by atoms with Gasteiger partial charge in [0, 0.05) is 18.0 Å². The van der Waals surface area contributed by atoms with Gasteiger partial charge in [0.2, 0.25) is 5.95 Å². The maximum Gasteiger partial charge on any atom is 0.339 e. The van der Waals surface area contributed by atoms with Crippen molar-refractivity contribution in [3.8, 4) is 5.75 Å². The van der Waals surface area contributed by atoms with Crippen LogP contribution in [0.25, 0.3) is 0 Å². The summed E-state index contributed by atoms with van der Waals surface area (Å²) >= 11 is 0. The minimum Gasteiger partial charge on any atom is -0.497 e. The Labute approximate surface area is 161 Å². The first-order valence-electron chi connectivity index (χ1n) is 8.33. The number of nitrogens with one attached hydrogen (secondary N) is 2. The van der Waals surface area contributed by atoms with E-state index in [9.17, 15) is 9.59 Å². The second kappa shape index (κ2) is 8.63. The van der Waals surface area contributed by atoms with Gasteiger partial charge in [-0.2, -0.15) is 0 Å². The fraction of sp³-hybridized carbons (Fsp3) is 0.100. The average molecular weight is 378 g/mol. The van der Waals surface area contributed by atoms with E-state index in [0.717, 1.165) is 0 Å². The highest BCUT2D eigenvalue weighted by Gasteiger charge is 2.15. The molecule has 0 saturated carbocycles. The molecule has 2 N–H and O–H groups in total. The van der Waals surface area contributed by atoms with E-state index in [1.165, 1.54) is 19.4 Å². The molecule has 3 aromatic rings. The maximum absolute atomic E-state index is 12.6. The van der Waals surface area contributed by atoms with Gasteiger partial charge in [-0.15, -0.1) is 0 Å². The minimum absolute atomic E-state index is 0.139. The first-order chi connectivity index (χ1) is 13.6. The molecule has 0 aliphatic heterocycles. The highest BCUT2D eigenvalue weighted by atomic mass is 16.5. The van der Waals surface area contributed by atoms with Gasteiger partial charge in [-0.05, 0) is 30.3 Å². The molecule has 1 amide bonds. The molecular weight excluding hydrogens is 360 g/mol. The molecular formula is C20H18N4O4. The van der Waals surface area contributed by atoms with E-state index in [0.29, 0.717) is 17.1 Å². The number of benzene rings is 2. The van der Waals surface area contributed by atoms with Gasteiger partial charge in [-0.3, -0.25) is 4.79 Å². The van der Waals surface area contributed by atoms with Gasteiger partial charge in [0.05, 0.1) is 25.5 Å². The van der Waals surface area contributed by atoms with E-state index >= 15 is 0 Å². The van der Waals surface area contributed by atoms with Gasteiger partial charge in [-0.1, -0.05) is 18.2 Å². The Kier molecular flexibility index (Phi) is 5.81. The van der Waals surface area contributed by atoms with Gasteiger partial charge in [0.1, 0.15) is 11.4 Å². The normalized spacial score (nSPS) is 10.1. The number of anilines is 3. The first kappa shape index (κ1) is 18.8. The van der Waals surface area contributed by atoms with E-state index in [-0.39, 0.29) is 17.2 Å². The van der Waals surface area contributed by atoms with Crippen LogP contribution in [0.4, 0.5) is 17.3 Å². The summed E-state index contributed by atoms with van der Waals surface area (Å²) in [7, 11) is 2.86. The number of carbonyl (C=O) groups excluding carboxylic acids is 2. The molecule has 1 heterocycles. The first-order valence-corrected chi connectivity index (χ1v) is 8.33. The standard InChI is InChI=1S/C20H18N4O4/c1-27-14-7-5-6-13(12-14)22-20-21-11-10-17(24-20)18(25)23-16-9-4-3-8-15(16)19(26)28-2/h3-12H,1-2H3,(H,23,25)(H,21,22,24). The van der Waals surface area contributed by atoms with Crippen molar-refractivity contribution in [1.82, 2.24) is 9.97 Å². The van der Waals surface area contributed by atoms with Gasteiger partial charge in [0.25, 0.3) is 5.91 Å². The van der Waals surface area contributed by atoms with Crippen molar-refractivity contribution in [3.05, 3.63) is 72.1 Å². The Balaban J connectivity index is 1.78. The van der Waals surface area contributed by atoms with Gasteiger partial charge in [0.15, 0.2) is 0 Å². The lowest BCUT2D eigenvalue weighted by Gasteiger charge is -2.10. The second-order valence-corrected chi connectivity index (χ2v) is 5.61. The summed E-state index contributed by atoms with van der Waals surface area (Å²) < 4.78 is 9.91. The number of methoxy groups -OCH3 is 2. The third-order valence-corrected chi connectivity index (χ3v) is 3.79. The summed E-state index contributed by atoms with van der Waals surface area (Å²) in [5, 5.41) is 5.69. The Morgan fingerprint density at radius 2 is 1.82 bits per heavy atom. The smallest absolute Gasteiger partial charge is 0.339 e. The van der Waals surface area contributed by atoms with Gasteiger partial charge in [-0.25, -0.2) is 14.8 Å². The Hall–Kier alpha value is -3.94. The maximum atomic E-state index is 12.6. The van der Waals surface area contributed by atoms with Crippen LogP contribution >= 0.6 is 0 Å². The van der Waals surface area contributed by atoms with Crippen molar-refractivity contribution in [2.24, 2.45) is 0 Å². The van der Waals surface area contributed by atoms with Crippen molar-refractivity contribution in [1.29, 1.82) is 0 Å². The van der Waals surface area contributed by atoms with Crippen molar-refractivity contribution in [2.75, 3.05) is 24.9 Å². The molecule has 8 nitrogen and oxygen atoms in total. The summed E-state index contributed by atoms with van der Waals surface area (Å²) in [6.07, 6.45) is 1.47. The number of amides is 1. The Morgan fingerprint density at radius 3 is 2.61 bits per heavy atom. The molecule has 0 radical (unpaired) electrons. The van der Waals surface area contributed by atoms with Crippen molar-refractivity contribution < 1.29 is 19.1 Å². The van der Waals surface area contributed by atoms with Crippen molar-refractivity contribution in [3.63, 3.8) is 0 Å². The molecule has 0 fully saturated rings. The highest BCUT2D eigenvalue weighted by molar-refractivity contribution is 6.07. The summed E-state index contributed by atoms with van der Waals surface area (Å²) in [4.78, 5) is 32.8. The van der Waals surface area contributed by atoms with E-state index in [1.807, 2.05) is 18.2 Å². The molecule has 0 saturated heterocycles. The minimum atomic E-state index is -0.543. The number of ether oxygens (including phenoxy) is 2. The summed E-state index contributed by atoms with van der Waals surface area (Å²) in [5.41, 5.74) is 1.44. The summed E-state index contributed by atoms with van der Waals surface area (Å²) in [6, 6.07) is 15.3. The number of para-hydroxylation sites is 1. The fourth-order valence-electron chi connectivity index (χ4n) is 2.44. The molecule has 1 aromatic heterocycles. The van der Waals surface area contributed by atoms with Crippen LogP contribution in [0.15, 0.2) is 60.8 Å². The Bertz CT molecular complexity index is 1010. The molecule has 0 spiro atoms. The monoisotopic (exact) mass is 378 g/mol. The zero-order chi connectivity index (χ0) is 19.9. The van der Waals surface area contributed by atoms with Crippen molar-refractivity contribution >= 4 is 29.2 Å². The van der Waals surface area contributed by atoms with Crippen LogP contribution in [0.5, 0.6) is 5.75 Å². The molecule has 0 aliphatic rings. The topological polar surface area (TPSA) is 102 Å². The number of aromatic nitrogens is 2. The van der Waals surface area contributed by atoms with Gasteiger partial charge >= 0.3 is 5.97 Å². The number of esters is 1. The van der Waals surface area contributed by atoms with Crippen molar-refractivity contribution in [2.45, 2.75) is 0 Å². The van der Waals surface area contributed by atoms with Crippen LogP contribution in [0.3, 0.4) is 0 Å². The van der Waals surface area contributed by atoms with Crippen LogP contribution in [0, 0.1) is 0 Å². The summed E-state index contributed by atoms with van der Waals surface area (Å²) in [5.74, 6) is -0.0908. The molecule has 28 heavy (non-hydrogen) atoms. The molecule has 8 heteroatoms. The third kappa shape index (κ3) is 4.42. The van der Waals surface area contributed by atoms with E-state index in [1.54, 1.807) is 37.4 Å². The molecule has 0 unspecified atom stereocenters. The predicted octanol–water partition coefficient (Wildman–Crippen LogP) is 3.27. The van der Waals surface area contributed by atoms with E-state index in [4.69, 9.17) is 9.47 Å².